The summed E-state index contributed by atoms with van der Waals surface area (Å²) in [7, 11) is 0. The van der Waals surface area contributed by atoms with Crippen molar-refractivity contribution in [2.45, 2.75) is 32.3 Å². The van der Waals surface area contributed by atoms with Gasteiger partial charge in [0.2, 0.25) is 0 Å². The lowest BCUT2D eigenvalue weighted by Crippen LogP contribution is -2.24. The second-order valence-electron chi connectivity index (χ2n) is 4.33. The van der Waals surface area contributed by atoms with Crippen molar-refractivity contribution in [2.75, 3.05) is 6.61 Å². The number of benzene rings is 1. The van der Waals surface area contributed by atoms with E-state index in [1.165, 1.54) is 11.6 Å². The van der Waals surface area contributed by atoms with Crippen molar-refractivity contribution < 1.29 is 14.3 Å². The van der Waals surface area contributed by atoms with Crippen molar-refractivity contribution in [1.29, 1.82) is 0 Å². The van der Waals surface area contributed by atoms with Crippen LogP contribution in [0.15, 0.2) is 42.2 Å². The van der Waals surface area contributed by atoms with E-state index >= 15 is 0 Å². The van der Waals surface area contributed by atoms with Gasteiger partial charge in [-0.2, -0.15) is 0 Å². The van der Waals surface area contributed by atoms with Crippen LogP contribution in [0.2, 0.25) is 0 Å². The molecule has 1 aromatic carbocycles. The highest BCUT2D eigenvalue weighted by Crippen LogP contribution is 2.20. The molecule has 18 heavy (non-hydrogen) atoms. The molecule has 3 nitrogen and oxygen atoms in total. The van der Waals surface area contributed by atoms with Crippen LogP contribution in [0.4, 0.5) is 0 Å². The average molecular weight is 246 g/mol. The quantitative estimate of drug-likeness (QED) is 0.749. The van der Waals surface area contributed by atoms with E-state index in [1.807, 2.05) is 25.1 Å². The number of ether oxygens (including phenoxy) is 2. The third-order valence-electron chi connectivity index (χ3n) is 2.92. The van der Waals surface area contributed by atoms with Crippen molar-refractivity contribution in [1.82, 2.24) is 0 Å². The van der Waals surface area contributed by atoms with E-state index in [2.05, 4.69) is 12.1 Å². The smallest absolute Gasteiger partial charge is 0.334 e. The van der Waals surface area contributed by atoms with Gasteiger partial charge < -0.3 is 9.47 Å². The molecule has 0 amide bonds. The summed E-state index contributed by atoms with van der Waals surface area (Å²) in [4.78, 5) is 11.4. The molecule has 0 fully saturated rings. The van der Waals surface area contributed by atoms with Gasteiger partial charge in [0, 0.05) is 6.42 Å². The minimum absolute atomic E-state index is 0.0655. The molecule has 0 N–H and O–H groups in total. The summed E-state index contributed by atoms with van der Waals surface area (Å²) in [6.45, 7) is 2.50. The highest BCUT2D eigenvalue weighted by molar-refractivity contribution is 5.83. The molecule has 0 aliphatic carbocycles. The van der Waals surface area contributed by atoms with Crippen LogP contribution in [-0.4, -0.2) is 18.7 Å². The maximum absolute atomic E-state index is 11.4. The van der Waals surface area contributed by atoms with Gasteiger partial charge in [-0.05, 0) is 25.3 Å². The molecule has 3 heteroatoms. The Kier molecular flexibility index (Phi) is 4.40. The van der Waals surface area contributed by atoms with E-state index in [4.69, 9.17) is 9.47 Å². The van der Waals surface area contributed by atoms with Gasteiger partial charge in [-0.15, -0.1) is 0 Å². The maximum Gasteiger partial charge on any atom is 0.334 e. The summed E-state index contributed by atoms with van der Waals surface area (Å²) in [5.41, 5.74) is 1.26. The lowest BCUT2D eigenvalue weighted by atomic mass is 10.0. The lowest BCUT2D eigenvalue weighted by Gasteiger charge is -2.22. The predicted octanol–water partition coefficient (Wildman–Crippen LogP) is 2.86. The Balaban J connectivity index is 1.87. The van der Waals surface area contributed by atoms with Crippen LogP contribution >= 0.6 is 0 Å². The van der Waals surface area contributed by atoms with Crippen LogP contribution in [0.25, 0.3) is 0 Å². The predicted molar refractivity (Wildman–Crippen MR) is 69.0 cm³/mol. The first-order valence-corrected chi connectivity index (χ1v) is 6.36. The maximum atomic E-state index is 11.4. The second kappa shape index (κ2) is 6.24. The van der Waals surface area contributed by atoms with Crippen LogP contribution in [0, 0.1) is 0 Å². The molecule has 0 spiro atoms. The second-order valence-corrected chi connectivity index (χ2v) is 4.33. The van der Waals surface area contributed by atoms with Gasteiger partial charge in [-0.1, -0.05) is 30.3 Å². The zero-order valence-corrected chi connectivity index (χ0v) is 10.6. The molecule has 1 aliphatic rings. The number of esters is 1. The van der Waals surface area contributed by atoms with Gasteiger partial charge in [0.1, 0.15) is 11.9 Å². The fourth-order valence-corrected chi connectivity index (χ4v) is 2.07. The minimum Gasteiger partial charge on any atom is -0.498 e. The molecule has 2 rings (SSSR count). The molecule has 0 saturated heterocycles. The Labute approximate surface area is 107 Å². The summed E-state index contributed by atoms with van der Waals surface area (Å²) in [5, 5.41) is 0. The molecule has 1 unspecified atom stereocenters. The van der Waals surface area contributed by atoms with Crippen molar-refractivity contribution in [3.8, 4) is 0 Å². The molecule has 1 atom stereocenters. The number of cyclic esters (lactones) is 1. The average Bonchev–Trinajstić information content (AvgIpc) is 2.37. The van der Waals surface area contributed by atoms with Crippen molar-refractivity contribution in [2.24, 2.45) is 0 Å². The van der Waals surface area contributed by atoms with Crippen LogP contribution in [-0.2, 0) is 20.7 Å². The highest BCUT2D eigenvalue weighted by Gasteiger charge is 2.22. The summed E-state index contributed by atoms with van der Waals surface area (Å²) < 4.78 is 10.7. The number of hydrogen-bond acceptors (Lipinski definition) is 3. The number of carbonyl (C=O) groups is 1. The van der Waals surface area contributed by atoms with Gasteiger partial charge in [0.05, 0.1) is 12.7 Å². The minimum atomic E-state index is -0.289. The normalized spacial score (nSPS) is 19.1. The van der Waals surface area contributed by atoms with E-state index in [9.17, 15) is 4.79 Å². The van der Waals surface area contributed by atoms with E-state index in [0.717, 1.165) is 18.6 Å². The first kappa shape index (κ1) is 12.7. The molecular weight excluding hydrogens is 228 g/mol. The fourth-order valence-electron chi connectivity index (χ4n) is 2.07. The number of carbonyl (C=O) groups excluding carboxylic acids is 1. The van der Waals surface area contributed by atoms with Crippen LogP contribution < -0.4 is 0 Å². The summed E-state index contributed by atoms with van der Waals surface area (Å²) in [6.07, 6.45) is 3.82. The molecule has 0 aromatic heterocycles. The van der Waals surface area contributed by atoms with Gasteiger partial charge in [0.15, 0.2) is 0 Å². The van der Waals surface area contributed by atoms with Crippen molar-refractivity contribution in [3.05, 3.63) is 47.7 Å². The summed E-state index contributed by atoms with van der Waals surface area (Å²) >= 11 is 0. The molecule has 0 radical (unpaired) electrons. The Bertz CT molecular complexity index is 423. The van der Waals surface area contributed by atoms with Crippen LogP contribution in [0.3, 0.4) is 0 Å². The van der Waals surface area contributed by atoms with Gasteiger partial charge in [0.25, 0.3) is 0 Å². The Morgan fingerprint density at radius 3 is 2.83 bits per heavy atom. The van der Waals surface area contributed by atoms with Crippen LogP contribution in [0.5, 0.6) is 0 Å². The monoisotopic (exact) mass is 246 g/mol. The van der Waals surface area contributed by atoms with E-state index in [-0.39, 0.29) is 12.1 Å². The third-order valence-corrected chi connectivity index (χ3v) is 2.92. The largest absolute Gasteiger partial charge is 0.498 e. The van der Waals surface area contributed by atoms with Gasteiger partial charge in [-0.25, -0.2) is 4.79 Å². The van der Waals surface area contributed by atoms with Crippen molar-refractivity contribution in [3.63, 3.8) is 0 Å². The molecule has 0 saturated carbocycles. The van der Waals surface area contributed by atoms with Gasteiger partial charge in [-0.3, -0.25) is 0 Å². The Morgan fingerprint density at radius 2 is 2.11 bits per heavy atom. The first-order valence-electron chi connectivity index (χ1n) is 6.36. The van der Waals surface area contributed by atoms with E-state index in [0.29, 0.717) is 13.0 Å². The topological polar surface area (TPSA) is 35.5 Å². The van der Waals surface area contributed by atoms with Crippen LogP contribution in [0.1, 0.15) is 25.3 Å². The fraction of sp³-hybridized carbons (Fsp3) is 0.400. The number of rotatable bonds is 5. The van der Waals surface area contributed by atoms with Crippen molar-refractivity contribution >= 4 is 5.97 Å². The Morgan fingerprint density at radius 1 is 1.33 bits per heavy atom. The lowest BCUT2D eigenvalue weighted by molar-refractivity contribution is -0.145. The standard InChI is InChI=1S/C15H18O3/c1-2-17-14-10-13(18-15(16)11-14)9-8-12-6-4-3-5-7-12/h3-7,11,13H,2,8-10H2,1H3. The highest BCUT2D eigenvalue weighted by atomic mass is 16.6. The number of aryl methyl sites for hydroxylation is 1. The van der Waals surface area contributed by atoms with E-state index < -0.39 is 0 Å². The Hall–Kier alpha value is -1.77. The van der Waals surface area contributed by atoms with Gasteiger partial charge >= 0.3 is 5.97 Å². The SMILES string of the molecule is CCOC1=CC(=O)OC(CCc2ccccc2)C1. The molecular formula is C15H18O3. The molecule has 1 aromatic rings. The third kappa shape index (κ3) is 3.62. The summed E-state index contributed by atoms with van der Waals surface area (Å²) in [6, 6.07) is 10.2. The zero-order chi connectivity index (χ0) is 12.8. The summed E-state index contributed by atoms with van der Waals surface area (Å²) in [5.74, 6) is 0.453. The molecule has 96 valence electrons. The molecule has 1 aliphatic heterocycles. The zero-order valence-electron chi connectivity index (χ0n) is 10.6. The first-order chi connectivity index (χ1) is 8.78. The van der Waals surface area contributed by atoms with E-state index in [1.54, 1.807) is 0 Å². The molecule has 1 heterocycles. The number of hydrogen-bond donors (Lipinski definition) is 0. The molecule has 0 bridgehead atoms.